The molecule has 0 bridgehead atoms. The van der Waals surface area contributed by atoms with Crippen LogP contribution in [0.3, 0.4) is 0 Å². The molecule has 2 N–H and O–H groups in total. The summed E-state index contributed by atoms with van der Waals surface area (Å²) in [5, 5.41) is 4.32. The maximum absolute atomic E-state index is 12.8. The number of aryl methyl sites for hydroxylation is 2. The molecule has 1 aliphatic heterocycles. The number of aromatic nitrogens is 2. The predicted molar refractivity (Wildman–Crippen MR) is 78.9 cm³/mol. The fourth-order valence-electron chi connectivity index (χ4n) is 2.89. The minimum Gasteiger partial charge on any atom is -0.398 e. The minimum absolute atomic E-state index is 0.0115. The summed E-state index contributed by atoms with van der Waals surface area (Å²) >= 11 is 0. The molecular weight excluding hydrogens is 252 g/mol. The molecule has 2 aromatic rings. The number of fused-ring (bicyclic) bond motifs is 1. The van der Waals surface area contributed by atoms with Crippen molar-refractivity contribution in [1.82, 2.24) is 9.78 Å². The number of amides is 1. The van der Waals surface area contributed by atoms with E-state index in [1.807, 2.05) is 44.0 Å². The Labute approximate surface area is 118 Å². The summed E-state index contributed by atoms with van der Waals surface area (Å²) in [7, 11) is 1.86. The Morgan fingerprint density at radius 3 is 2.75 bits per heavy atom. The third-order valence-electron chi connectivity index (χ3n) is 4.03. The molecule has 1 amide bonds. The van der Waals surface area contributed by atoms with E-state index in [4.69, 9.17) is 5.73 Å². The molecule has 0 atom stereocenters. The molecule has 2 heterocycles. The lowest BCUT2D eigenvalue weighted by Gasteiger charge is -2.17. The van der Waals surface area contributed by atoms with Crippen LogP contribution < -0.4 is 10.6 Å². The number of nitrogen functional groups attached to an aromatic ring is 1. The number of nitrogens with two attached hydrogens (primary N) is 1. The van der Waals surface area contributed by atoms with Crippen molar-refractivity contribution in [3.05, 3.63) is 40.7 Å². The normalized spacial score (nSPS) is 13.7. The zero-order valence-electron chi connectivity index (χ0n) is 12.0. The lowest BCUT2D eigenvalue weighted by molar-refractivity contribution is 0.0988. The molecule has 5 nitrogen and oxygen atoms in total. The number of carbonyl (C=O) groups is 1. The first-order valence-corrected chi connectivity index (χ1v) is 6.70. The van der Waals surface area contributed by atoms with E-state index in [-0.39, 0.29) is 5.91 Å². The van der Waals surface area contributed by atoms with Crippen molar-refractivity contribution in [3.63, 3.8) is 0 Å². The number of hydrogen-bond donors (Lipinski definition) is 1. The van der Waals surface area contributed by atoms with Gasteiger partial charge in [-0.15, -0.1) is 0 Å². The molecule has 0 aliphatic carbocycles. The molecule has 20 heavy (non-hydrogen) atoms. The largest absolute Gasteiger partial charge is 0.398 e. The van der Waals surface area contributed by atoms with Crippen LogP contribution in [-0.2, 0) is 13.5 Å². The molecule has 0 radical (unpaired) electrons. The Hall–Kier alpha value is -2.30. The van der Waals surface area contributed by atoms with Crippen LogP contribution in [0.5, 0.6) is 0 Å². The second kappa shape index (κ2) is 4.37. The third-order valence-corrected chi connectivity index (χ3v) is 4.03. The average molecular weight is 270 g/mol. The number of anilines is 2. The maximum Gasteiger partial charge on any atom is 0.262 e. The summed E-state index contributed by atoms with van der Waals surface area (Å²) < 4.78 is 1.75. The molecule has 0 saturated carbocycles. The van der Waals surface area contributed by atoms with E-state index in [1.54, 1.807) is 4.68 Å². The van der Waals surface area contributed by atoms with Crippen molar-refractivity contribution in [2.24, 2.45) is 7.05 Å². The lowest BCUT2D eigenvalue weighted by Crippen LogP contribution is -2.29. The van der Waals surface area contributed by atoms with Gasteiger partial charge in [0.05, 0.1) is 11.3 Å². The van der Waals surface area contributed by atoms with Crippen LogP contribution >= 0.6 is 0 Å². The van der Waals surface area contributed by atoms with Gasteiger partial charge in [-0.3, -0.25) is 9.48 Å². The van der Waals surface area contributed by atoms with Gasteiger partial charge in [0.25, 0.3) is 5.91 Å². The maximum atomic E-state index is 12.8. The van der Waals surface area contributed by atoms with E-state index in [0.717, 1.165) is 34.7 Å². The molecule has 104 valence electrons. The smallest absolute Gasteiger partial charge is 0.262 e. The molecule has 3 rings (SSSR count). The van der Waals surface area contributed by atoms with Gasteiger partial charge in [0, 0.05) is 36.2 Å². The van der Waals surface area contributed by atoms with Gasteiger partial charge in [-0.25, -0.2) is 0 Å². The molecular formula is C15H18N4O. The van der Waals surface area contributed by atoms with E-state index < -0.39 is 0 Å². The van der Waals surface area contributed by atoms with Crippen molar-refractivity contribution < 1.29 is 4.79 Å². The van der Waals surface area contributed by atoms with Crippen molar-refractivity contribution in [3.8, 4) is 0 Å². The Morgan fingerprint density at radius 2 is 2.10 bits per heavy atom. The standard InChI is InChI=1S/C15H18N4O/c1-9-14(10(2)18(3)17-9)15(20)19-8-7-11-12(16)5-4-6-13(11)19/h4-6H,7-8,16H2,1-3H3. The van der Waals surface area contributed by atoms with Crippen LogP contribution in [0, 0.1) is 13.8 Å². The van der Waals surface area contributed by atoms with Crippen LogP contribution in [0.15, 0.2) is 18.2 Å². The summed E-state index contributed by atoms with van der Waals surface area (Å²) in [6.45, 7) is 4.47. The Kier molecular flexibility index (Phi) is 2.78. The fourth-order valence-corrected chi connectivity index (χ4v) is 2.89. The van der Waals surface area contributed by atoms with Gasteiger partial charge in [0.1, 0.15) is 0 Å². The van der Waals surface area contributed by atoms with Gasteiger partial charge in [0.15, 0.2) is 0 Å². The lowest BCUT2D eigenvalue weighted by atomic mass is 10.1. The molecule has 1 aromatic heterocycles. The van der Waals surface area contributed by atoms with Gasteiger partial charge >= 0.3 is 0 Å². The predicted octanol–water partition coefficient (Wildman–Crippen LogP) is 1.82. The molecule has 5 heteroatoms. The second-order valence-electron chi connectivity index (χ2n) is 5.22. The van der Waals surface area contributed by atoms with E-state index in [2.05, 4.69) is 5.10 Å². The van der Waals surface area contributed by atoms with Gasteiger partial charge in [0.2, 0.25) is 0 Å². The summed E-state index contributed by atoms with van der Waals surface area (Å²) in [6.07, 6.45) is 0.812. The fraction of sp³-hybridized carbons (Fsp3) is 0.333. The number of benzene rings is 1. The molecule has 1 aliphatic rings. The van der Waals surface area contributed by atoms with Crippen LogP contribution in [0.4, 0.5) is 11.4 Å². The van der Waals surface area contributed by atoms with E-state index in [0.29, 0.717) is 12.1 Å². The van der Waals surface area contributed by atoms with Gasteiger partial charge in [-0.1, -0.05) is 6.07 Å². The SMILES string of the molecule is Cc1nn(C)c(C)c1C(=O)N1CCc2c(N)cccc21. The number of nitrogens with zero attached hydrogens (tertiary/aromatic N) is 3. The first-order valence-electron chi connectivity index (χ1n) is 6.70. The Bertz CT molecular complexity index is 702. The van der Waals surface area contributed by atoms with Crippen molar-refractivity contribution in [2.45, 2.75) is 20.3 Å². The van der Waals surface area contributed by atoms with E-state index in [1.165, 1.54) is 0 Å². The minimum atomic E-state index is 0.0115. The average Bonchev–Trinajstić information content (AvgIpc) is 2.93. The van der Waals surface area contributed by atoms with Crippen LogP contribution in [0.2, 0.25) is 0 Å². The van der Waals surface area contributed by atoms with E-state index >= 15 is 0 Å². The number of rotatable bonds is 1. The second-order valence-corrected chi connectivity index (χ2v) is 5.22. The zero-order chi connectivity index (χ0) is 14.4. The summed E-state index contributed by atoms with van der Waals surface area (Å²) in [4.78, 5) is 14.6. The van der Waals surface area contributed by atoms with Gasteiger partial charge in [-0.2, -0.15) is 5.10 Å². The van der Waals surface area contributed by atoms with Gasteiger partial charge in [-0.05, 0) is 32.4 Å². The highest BCUT2D eigenvalue weighted by Crippen LogP contribution is 2.33. The summed E-state index contributed by atoms with van der Waals surface area (Å²) in [5.74, 6) is 0.0115. The highest BCUT2D eigenvalue weighted by atomic mass is 16.2. The van der Waals surface area contributed by atoms with Gasteiger partial charge < -0.3 is 10.6 Å². The van der Waals surface area contributed by atoms with Crippen molar-refractivity contribution >= 4 is 17.3 Å². The van der Waals surface area contributed by atoms with Crippen molar-refractivity contribution in [1.29, 1.82) is 0 Å². The first-order chi connectivity index (χ1) is 9.50. The zero-order valence-corrected chi connectivity index (χ0v) is 12.0. The van der Waals surface area contributed by atoms with Crippen LogP contribution in [-0.4, -0.2) is 22.2 Å². The topological polar surface area (TPSA) is 64.2 Å². The monoisotopic (exact) mass is 270 g/mol. The summed E-state index contributed by atoms with van der Waals surface area (Å²) in [6, 6.07) is 5.73. The summed E-state index contributed by atoms with van der Waals surface area (Å²) in [5.41, 5.74) is 11.1. The molecule has 0 fully saturated rings. The molecule has 0 saturated heterocycles. The Balaban J connectivity index is 2.04. The first kappa shape index (κ1) is 12.7. The highest BCUT2D eigenvalue weighted by molar-refractivity contribution is 6.09. The van der Waals surface area contributed by atoms with Crippen molar-refractivity contribution in [2.75, 3.05) is 17.2 Å². The highest BCUT2D eigenvalue weighted by Gasteiger charge is 2.29. The molecule has 0 spiro atoms. The van der Waals surface area contributed by atoms with E-state index in [9.17, 15) is 4.79 Å². The van der Waals surface area contributed by atoms with Crippen LogP contribution in [0.25, 0.3) is 0 Å². The third kappa shape index (κ3) is 1.70. The Morgan fingerprint density at radius 1 is 1.35 bits per heavy atom. The molecule has 0 unspecified atom stereocenters. The molecule has 1 aromatic carbocycles. The number of hydrogen-bond acceptors (Lipinski definition) is 3. The quantitative estimate of drug-likeness (QED) is 0.804. The number of carbonyl (C=O) groups excluding carboxylic acids is 1. The van der Waals surface area contributed by atoms with Crippen LogP contribution in [0.1, 0.15) is 27.3 Å².